The number of pyridine rings is 1. The van der Waals surface area contributed by atoms with E-state index in [4.69, 9.17) is 23.2 Å². The Morgan fingerprint density at radius 3 is 2.81 bits per heavy atom. The summed E-state index contributed by atoms with van der Waals surface area (Å²) in [6, 6.07) is 4.00. The van der Waals surface area contributed by atoms with Gasteiger partial charge in [0.2, 0.25) is 0 Å². The number of benzene rings is 1. The summed E-state index contributed by atoms with van der Waals surface area (Å²) in [5.41, 5.74) is 4.32. The van der Waals surface area contributed by atoms with Crippen LogP contribution in [0.4, 0.5) is 0 Å². The molecule has 16 heavy (non-hydrogen) atoms. The van der Waals surface area contributed by atoms with E-state index in [9.17, 15) is 0 Å². The summed E-state index contributed by atoms with van der Waals surface area (Å²) in [7, 11) is 0. The maximum atomic E-state index is 6.43. The lowest BCUT2D eigenvalue weighted by atomic mass is 10.1. The minimum Gasteiger partial charge on any atom is -0.251 e. The van der Waals surface area contributed by atoms with Crippen LogP contribution in [0.15, 0.2) is 12.1 Å². The van der Waals surface area contributed by atoms with Gasteiger partial charge in [-0.3, -0.25) is 4.98 Å². The Balaban J connectivity index is 2.46. The van der Waals surface area contributed by atoms with Crippen LogP contribution in [0.2, 0.25) is 10.0 Å². The largest absolute Gasteiger partial charge is 0.251 e. The van der Waals surface area contributed by atoms with E-state index in [0.29, 0.717) is 5.02 Å². The van der Waals surface area contributed by atoms with Gasteiger partial charge in [0, 0.05) is 11.1 Å². The Labute approximate surface area is 104 Å². The van der Waals surface area contributed by atoms with Gasteiger partial charge < -0.3 is 0 Å². The van der Waals surface area contributed by atoms with Crippen LogP contribution < -0.4 is 0 Å². The van der Waals surface area contributed by atoms with Gasteiger partial charge in [0.25, 0.3) is 0 Å². The molecule has 0 fully saturated rings. The van der Waals surface area contributed by atoms with Crippen LogP contribution in [0.3, 0.4) is 0 Å². The zero-order chi connectivity index (χ0) is 11.3. The zero-order valence-corrected chi connectivity index (χ0v) is 10.5. The molecule has 3 rings (SSSR count). The van der Waals surface area contributed by atoms with E-state index in [1.165, 1.54) is 5.56 Å². The molecular formula is C13H11Cl2N. The second kappa shape index (κ2) is 3.61. The second-order valence-electron chi connectivity index (χ2n) is 4.35. The molecule has 1 aliphatic carbocycles. The molecule has 0 unspecified atom stereocenters. The van der Waals surface area contributed by atoms with Crippen molar-refractivity contribution in [2.75, 3.05) is 0 Å². The number of aromatic nitrogens is 1. The summed E-state index contributed by atoms with van der Waals surface area (Å²) in [6.45, 7) is 2.02. The first-order chi connectivity index (χ1) is 7.66. The van der Waals surface area contributed by atoms with E-state index in [0.717, 1.165) is 46.4 Å². The summed E-state index contributed by atoms with van der Waals surface area (Å²) in [5, 5.41) is 2.54. The second-order valence-corrected chi connectivity index (χ2v) is 5.13. The van der Waals surface area contributed by atoms with Crippen LogP contribution >= 0.6 is 23.2 Å². The first kappa shape index (κ1) is 10.4. The van der Waals surface area contributed by atoms with Crippen LogP contribution in [0.5, 0.6) is 0 Å². The third-order valence-corrected chi connectivity index (χ3v) is 3.86. The lowest BCUT2D eigenvalue weighted by Crippen LogP contribution is -1.93. The molecule has 0 saturated heterocycles. The highest BCUT2D eigenvalue weighted by Gasteiger charge is 2.19. The number of nitrogens with zero attached hydrogens (tertiary/aromatic N) is 1. The summed E-state index contributed by atoms with van der Waals surface area (Å²) < 4.78 is 0. The minimum atomic E-state index is 0.701. The quantitative estimate of drug-likeness (QED) is 0.679. The average Bonchev–Trinajstić information content (AvgIpc) is 2.68. The fourth-order valence-corrected chi connectivity index (χ4v) is 3.06. The van der Waals surface area contributed by atoms with Crippen molar-refractivity contribution in [1.29, 1.82) is 0 Å². The molecule has 3 heteroatoms. The molecule has 1 aromatic carbocycles. The summed E-state index contributed by atoms with van der Waals surface area (Å²) in [5.74, 6) is 0. The average molecular weight is 252 g/mol. The lowest BCUT2D eigenvalue weighted by Gasteiger charge is -2.08. The highest BCUT2D eigenvalue weighted by Crippen LogP contribution is 2.36. The van der Waals surface area contributed by atoms with E-state index in [2.05, 4.69) is 11.1 Å². The Morgan fingerprint density at radius 2 is 2.00 bits per heavy atom. The summed E-state index contributed by atoms with van der Waals surface area (Å²) in [4.78, 5) is 4.64. The maximum Gasteiger partial charge on any atom is 0.0906 e. The van der Waals surface area contributed by atoms with Crippen LogP contribution in [0.25, 0.3) is 10.9 Å². The van der Waals surface area contributed by atoms with E-state index >= 15 is 0 Å². The maximum absolute atomic E-state index is 6.43. The fraction of sp³-hybridized carbons (Fsp3) is 0.308. The van der Waals surface area contributed by atoms with Crippen molar-refractivity contribution in [3.05, 3.63) is 39.0 Å². The Bertz CT molecular complexity index is 590. The standard InChI is InChI=1S/C13H11Cl2N/c1-7-5-9-12(15)8-3-2-4-11(8)16-13(9)10(14)6-7/h5-6H,2-4H2,1H3. The van der Waals surface area contributed by atoms with Gasteiger partial charge >= 0.3 is 0 Å². The first-order valence-electron chi connectivity index (χ1n) is 5.44. The number of halogens is 2. The van der Waals surface area contributed by atoms with Crippen LogP contribution in [0, 0.1) is 6.92 Å². The first-order valence-corrected chi connectivity index (χ1v) is 6.19. The molecular weight excluding hydrogens is 241 g/mol. The van der Waals surface area contributed by atoms with Crippen LogP contribution in [0.1, 0.15) is 23.2 Å². The highest BCUT2D eigenvalue weighted by atomic mass is 35.5. The van der Waals surface area contributed by atoms with Gasteiger partial charge in [-0.1, -0.05) is 23.2 Å². The van der Waals surface area contributed by atoms with Gasteiger partial charge in [0.15, 0.2) is 0 Å². The molecule has 0 saturated carbocycles. The molecule has 0 radical (unpaired) electrons. The smallest absolute Gasteiger partial charge is 0.0906 e. The Hall–Kier alpha value is -0.790. The van der Waals surface area contributed by atoms with E-state index in [-0.39, 0.29) is 0 Å². The third kappa shape index (κ3) is 1.42. The molecule has 1 aromatic heterocycles. The van der Waals surface area contributed by atoms with Crippen molar-refractivity contribution in [3.8, 4) is 0 Å². The predicted molar refractivity (Wildman–Crippen MR) is 68.5 cm³/mol. The van der Waals surface area contributed by atoms with E-state index < -0.39 is 0 Å². The van der Waals surface area contributed by atoms with Crippen LogP contribution in [-0.4, -0.2) is 4.98 Å². The van der Waals surface area contributed by atoms with Gasteiger partial charge in [-0.25, -0.2) is 0 Å². The molecule has 0 N–H and O–H groups in total. The van der Waals surface area contributed by atoms with Gasteiger partial charge in [0.1, 0.15) is 0 Å². The number of hydrogen-bond donors (Lipinski definition) is 0. The molecule has 1 nitrogen and oxygen atoms in total. The SMILES string of the molecule is Cc1cc(Cl)c2nc3c(c(Cl)c2c1)CCC3. The fourth-order valence-electron chi connectivity index (χ4n) is 2.40. The monoisotopic (exact) mass is 251 g/mol. The Morgan fingerprint density at radius 1 is 1.19 bits per heavy atom. The van der Waals surface area contributed by atoms with Gasteiger partial charge in [0.05, 0.1) is 15.6 Å². The molecule has 0 spiro atoms. The Kier molecular flexibility index (Phi) is 2.34. The molecule has 0 bridgehead atoms. The summed E-state index contributed by atoms with van der Waals surface area (Å²) >= 11 is 12.6. The molecule has 0 atom stereocenters. The molecule has 1 heterocycles. The van der Waals surface area contributed by atoms with Crippen molar-refractivity contribution in [3.63, 3.8) is 0 Å². The number of hydrogen-bond acceptors (Lipinski definition) is 1. The normalized spacial score (nSPS) is 14.4. The predicted octanol–water partition coefficient (Wildman–Crippen LogP) is 4.34. The van der Waals surface area contributed by atoms with Crippen molar-refractivity contribution in [2.24, 2.45) is 0 Å². The number of fused-ring (bicyclic) bond motifs is 2. The summed E-state index contributed by atoms with van der Waals surface area (Å²) in [6.07, 6.45) is 3.22. The van der Waals surface area contributed by atoms with Gasteiger partial charge in [-0.05, 0) is 49.4 Å². The topological polar surface area (TPSA) is 12.9 Å². The van der Waals surface area contributed by atoms with Crippen molar-refractivity contribution >= 4 is 34.1 Å². The van der Waals surface area contributed by atoms with Crippen molar-refractivity contribution < 1.29 is 0 Å². The van der Waals surface area contributed by atoms with Crippen molar-refractivity contribution in [1.82, 2.24) is 4.98 Å². The van der Waals surface area contributed by atoms with Crippen molar-refractivity contribution in [2.45, 2.75) is 26.2 Å². The molecule has 0 amide bonds. The van der Waals surface area contributed by atoms with Crippen LogP contribution in [-0.2, 0) is 12.8 Å². The number of aryl methyl sites for hydroxylation is 2. The molecule has 0 aliphatic heterocycles. The molecule has 1 aliphatic rings. The number of rotatable bonds is 0. The van der Waals surface area contributed by atoms with Gasteiger partial charge in [-0.15, -0.1) is 0 Å². The molecule has 82 valence electrons. The zero-order valence-electron chi connectivity index (χ0n) is 8.98. The lowest BCUT2D eigenvalue weighted by molar-refractivity contribution is 0.901. The third-order valence-electron chi connectivity index (χ3n) is 3.14. The molecule has 2 aromatic rings. The highest BCUT2D eigenvalue weighted by molar-refractivity contribution is 6.39. The van der Waals surface area contributed by atoms with Gasteiger partial charge in [-0.2, -0.15) is 0 Å². The van der Waals surface area contributed by atoms with E-state index in [1.807, 2.05) is 13.0 Å². The van der Waals surface area contributed by atoms with E-state index in [1.54, 1.807) is 0 Å². The minimum absolute atomic E-state index is 0.701.